The maximum absolute atomic E-state index is 13.1. The molecule has 2 atom stereocenters. The summed E-state index contributed by atoms with van der Waals surface area (Å²) in [4.78, 5) is 0.300. The van der Waals surface area contributed by atoms with Crippen LogP contribution in [0.4, 0.5) is 13.2 Å². The Morgan fingerprint density at radius 1 is 1.11 bits per heavy atom. The first kappa shape index (κ1) is 24.2. The van der Waals surface area contributed by atoms with E-state index in [1.165, 1.54) is 18.4 Å². The topological polar surface area (TPSA) is 38.7 Å². The molecule has 0 aromatic heterocycles. The van der Waals surface area contributed by atoms with Gasteiger partial charge in [-0.3, -0.25) is 0 Å². The molecule has 0 radical (unpaired) electrons. The first-order valence-corrected chi connectivity index (χ1v) is 13.8. The molecule has 0 bridgehead atoms. The van der Waals surface area contributed by atoms with Crippen molar-refractivity contribution in [1.82, 2.24) is 0 Å². The zero-order valence-electron chi connectivity index (χ0n) is 17.5. The molecule has 1 aromatic rings. The molecule has 8 heteroatoms. The van der Waals surface area contributed by atoms with Gasteiger partial charge in [0.2, 0.25) is 0 Å². The van der Waals surface area contributed by atoms with Gasteiger partial charge < -0.3 is 4.43 Å². The zero-order valence-corrected chi connectivity index (χ0v) is 19.3. The van der Waals surface area contributed by atoms with Crippen molar-refractivity contribution in [3.8, 4) is 0 Å². The van der Waals surface area contributed by atoms with Crippen LogP contribution in [-0.4, -0.2) is 31.4 Å². The summed E-state index contributed by atoms with van der Waals surface area (Å²) < 4.78 is 62.0. The molecular weight excluding hydrogens is 391 g/mol. The monoisotopic (exact) mass is 423 g/mol. The lowest BCUT2D eigenvalue weighted by Crippen LogP contribution is -2.43. The molecule has 27 heavy (non-hydrogen) atoms. The highest BCUT2D eigenvalue weighted by Crippen LogP contribution is 2.37. The third-order valence-corrected chi connectivity index (χ3v) is 11.5. The summed E-state index contributed by atoms with van der Waals surface area (Å²) in [6, 6.07) is 4.11. The van der Waals surface area contributed by atoms with Crippen molar-refractivity contribution in [2.75, 3.05) is 12.9 Å². The molecule has 0 aliphatic heterocycles. The lowest BCUT2D eigenvalue weighted by molar-refractivity contribution is -0.137. The standard InChI is InChI=1S/C19H32F3NO2SSi/c1-14(2)17(13-25-27(7,8)18(3,4)5)23-26(6,24)16-11-9-15(10-12-16)19(20,21)22/h9-12,14,17H,13H2,1-8H3/t17-,26-/m0/s1. The van der Waals surface area contributed by atoms with Gasteiger partial charge in [-0.05, 0) is 48.3 Å². The molecule has 0 aliphatic carbocycles. The van der Waals surface area contributed by atoms with E-state index >= 15 is 0 Å². The van der Waals surface area contributed by atoms with Gasteiger partial charge >= 0.3 is 6.18 Å². The number of alkyl halides is 3. The van der Waals surface area contributed by atoms with E-state index in [1.54, 1.807) is 0 Å². The van der Waals surface area contributed by atoms with Crippen LogP contribution in [0.1, 0.15) is 40.2 Å². The van der Waals surface area contributed by atoms with Gasteiger partial charge in [-0.2, -0.15) is 13.2 Å². The van der Waals surface area contributed by atoms with Crippen LogP contribution in [0.5, 0.6) is 0 Å². The van der Waals surface area contributed by atoms with Crippen LogP contribution in [-0.2, 0) is 20.3 Å². The Labute approximate surface area is 163 Å². The molecule has 0 spiro atoms. The van der Waals surface area contributed by atoms with Crippen molar-refractivity contribution in [3.05, 3.63) is 29.8 Å². The van der Waals surface area contributed by atoms with Crippen LogP contribution < -0.4 is 0 Å². The Morgan fingerprint density at radius 2 is 1.59 bits per heavy atom. The van der Waals surface area contributed by atoms with Crippen molar-refractivity contribution < 1.29 is 21.8 Å². The summed E-state index contributed by atoms with van der Waals surface area (Å²) in [7, 11) is -4.80. The molecule has 0 amide bonds. The minimum atomic E-state index is -4.41. The summed E-state index contributed by atoms with van der Waals surface area (Å²) in [5.74, 6) is 0.102. The van der Waals surface area contributed by atoms with Crippen molar-refractivity contribution in [1.29, 1.82) is 0 Å². The Hall–Kier alpha value is -0.863. The number of hydrogen-bond donors (Lipinski definition) is 0. The second kappa shape index (κ2) is 8.25. The van der Waals surface area contributed by atoms with Crippen LogP contribution in [0.15, 0.2) is 33.5 Å². The van der Waals surface area contributed by atoms with Crippen LogP contribution in [0.2, 0.25) is 18.1 Å². The van der Waals surface area contributed by atoms with Crippen LogP contribution in [0.3, 0.4) is 0 Å². The van der Waals surface area contributed by atoms with Gasteiger partial charge in [0, 0.05) is 11.2 Å². The largest absolute Gasteiger partial charge is 0.416 e. The van der Waals surface area contributed by atoms with Gasteiger partial charge in [-0.1, -0.05) is 34.6 Å². The fourth-order valence-corrected chi connectivity index (χ4v) is 4.67. The third-order valence-electron chi connectivity index (χ3n) is 5.15. The van der Waals surface area contributed by atoms with E-state index in [-0.39, 0.29) is 17.0 Å². The Morgan fingerprint density at radius 3 is 1.96 bits per heavy atom. The highest BCUT2D eigenvalue weighted by atomic mass is 32.2. The number of nitrogens with zero attached hydrogens (tertiary/aromatic N) is 1. The second-order valence-electron chi connectivity index (χ2n) is 8.81. The van der Waals surface area contributed by atoms with E-state index < -0.39 is 29.8 Å². The quantitative estimate of drug-likeness (QED) is 0.510. The fourth-order valence-electron chi connectivity index (χ4n) is 2.07. The minimum Gasteiger partial charge on any atom is -0.415 e. The summed E-state index contributed by atoms with van der Waals surface area (Å²) in [6.07, 6.45) is -2.95. The van der Waals surface area contributed by atoms with Crippen molar-refractivity contribution >= 4 is 18.0 Å². The van der Waals surface area contributed by atoms with E-state index in [2.05, 4.69) is 38.2 Å². The summed E-state index contributed by atoms with van der Waals surface area (Å²) in [5, 5.41) is 0.0512. The smallest absolute Gasteiger partial charge is 0.415 e. The predicted molar refractivity (Wildman–Crippen MR) is 108 cm³/mol. The average molecular weight is 424 g/mol. The second-order valence-corrected chi connectivity index (χ2v) is 15.9. The number of rotatable bonds is 6. The van der Waals surface area contributed by atoms with E-state index in [4.69, 9.17) is 4.43 Å². The summed E-state index contributed by atoms with van der Waals surface area (Å²) in [5.41, 5.74) is -0.761. The van der Waals surface area contributed by atoms with Crippen LogP contribution in [0, 0.1) is 5.92 Å². The van der Waals surface area contributed by atoms with E-state index in [0.29, 0.717) is 11.5 Å². The van der Waals surface area contributed by atoms with E-state index in [9.17, 15) is 17.4 Å². The molecule has 0 saturated carbocycles. The zero-order chi connectivity index (χ0) is 21.3. The molecule has 1 aromatic carbocycles. The van der Waals surface area contributed by atoms with Gasteiger partial charge in [0.15, 0.2) is 8.32 Å². The summed E-state index contributed by atoms with van der Waals surface area (Å²) in [6.45, 7) is 15.0. The molecular formula is C19H32F3NO2SSi. The maximum Gasteiger partial charge on any atom is 0.416 e. The van der Waals surface area contributed by atoms with Crippen molar-refractivity contribution in [2.45, 2.75) is 69.9 Å². The lowest BCUT2D eigenvalue weighted by atomic mass is 10.1. The molecule has 0 aliphatic rings. The van der Waals surface area contributed by atoms with Crippen LogP contribution >= 0.6 is 0 Å². The van der Waals surface area contributed by atoms with Crippen molar-refractivity contribution in [3.63, 3.8) is 0 Å². The number of benzene rings is 1. The fraction of sp³-hybridized carbons (Fsp3) is 0.684. The highest BCUT2D eigenvalue weighted by Gasteiger charge is 2.38. The van der Waals surface area contributed by atoms with Gasteiger partial charge in [-0.15, -0.1) is 0 Å². The molecule has 0 N–H and O–H groups in total. The van der Waals surface area contributed by atoms with E-state index in [1.807, 2.05) is 13.8 Å². The summed E-state index contributed by atoms with van der Waals surface area (Å²) >= 11 is 0. The third kappa shape index (κ3) is 6.60. The van der Waals surface area contributed by atoms with E-state index in [0.717, 1.165) is 12.1 Å². The van der Waals surface area contributed by atoms with Gasteiger partial charge in [0.1, 0.15) is 0 Å². The average Bonchev–Trinajstić information content (AvgIpc) is 2.49. The number of halogens is 3. The minimum absolute atomic E-state index is 0.0512. The molecule has 0 unspecified atom stereocenters. The maximum atomic E-state index is 13.1. The SMILES string of the molecule is CC(C)[C@H](CO[Si](C)(C)C(C)(C)C)N=[S@@](C)(=O)c1ccc(C(F)(F)F)cc1. The predicted octanol–water partition coefficient (Wildman–Crippen LogP) is 6.21. The molecule has 1 rings (SSSR count). The highest BCUT2D eigenvalue weighted by molar-refractivity contribution is 7.93. The Bertz CT molecular complexity index is 744. The Kier molecular flexibility index (Phi) is 7.39. The van der Waals surface area contributed by atoms with Gasteiger partial charge in [0.05, 0.1) is 27.9 Å². The van der Waals surface area contributed by atoms with Crippen LogP contribution in [0.25, 0.3) is 0 Å². The molecule has 0 fully saturated rings. The van der Waals surface area contributed by atoms with Crippen molar-refractivity contribution in [2.24, 2.45) is 10.3 Å². The number of hydrogen-bond acceptors (Lipinski definition) is 3. The molecule has 0 heterocycles. The normalized spacial score (nSPS) is 16.9. The lowest BCUT2D eigenvalue weighted by Gasteiger charge is -2.37. The van der Waals surface area contributed by atoms with Gasteiger partial charge in [0.25, 0.3) is 0 Å². The Balaban J connectivity index is 3.11. The molecule has 156 valence electrons. The molecule has 0 saturated heterocycles. The molecule has 3 nitrogen and oxygen atoms in total. The van der Waals surface area contributed by atoms with Gasteiger partial charge in [-0.25, -0.2) is 8.57 Å². The first-order chi connectivity index (χ1) is 12.0. The first-order valence-electron chi connectivity index (χ1n) is 9.00.